The number of aliphatic imine (C=N–C) groups is 1. The topological polar surface area (TPSA) is 88.5 Å². The summed E-state index contributed by atoms with van der Waals surface area (Å²) in [5.74, 6) is 0.977. The number of hydrogen-bond donors (Lipinski definition) is 2. The molecule has 128 valence electrons. The van der Waals surface area contributed by atoms with Gasteiger partial charge in [0.15, 0.2) is 5.96 Å². The first-order valence-electron chi connectivity index (χ1n) is 8.15. The lowest BCUT2D eigenvalue weighted by Gasteiger charge is -2.34. The van der Waals surface area contributed by atoms with Crippen molar-refractivity contribution < 1.29 is 4.79 Å². The monoisotopic (exact) mass is 320 g/mol. The van der Waals surface area contributed by atoms with Crippen molar-refractivity contribution in [1.82, 2.24) is 20.0 Å². The molecule has 0 radical (unpaired) electrons. The molecule has 23 heavy (non-hydrogen) atoms. The van der Waals surface area contributed by atoms with E-state index in [9.17, 15) is 4.79 Å². The molecule has 1 unspecified atom stereocenters. The molecular formula is C16H28N6O. The predicted octanol–water partition coefficient (Wildman–Crippen LogP) is 0.700. The Morgan fingerprint density at radius 1 is 1.48 bits per heavy atom. The van der Waals surface area contributed by atoms with Crippen LogP contribution in [-0.4, -0.2) is 46.7 Å². The highest BCUT2D eigenvalue weighted by molar-refractivity contribution is 5.80. The minimum atomic E-state index is -0.221. The number of likely N-dealkylation sites (tertiary alicyclic amines) is 1. The van der Waals surface area contributed by atoms with E-state index in [1.54, 1.807) is 7.05 Å². The Balaban J connectivity index is 1.98. The molecule has 1 fully saturated rings. The fraction of sp³-hybridized carbons (Fsp3) is 0.688. The van der Waals surface area contributed by atoms with Gasteiger partial charge < -0.3 is 16.0 Å². The first kappa shape index (κ1) is 17.3. The van der Waals surface area contributed by atoms with Crippen LogP contribution in [0.2, 0.25) is 0 Å². The minimum absolute atomic E-state index is 0.221. The van der Waals surface area contributed by atoms with Gasteiger partial charge in [0.25, 0.3) is 0 Å². The van der Waals surface area contributed by atoms with Gasteiger partial charge >= 0.3 is 0 Å². The van der Waals surface area contributed by atoms with Crippen molar-refractivity contribution in [2.45, 2.75) is 39.7 Å². The Morgan fingerprint density at radius 3 is 2.78 bits per heavy atom. The van der Waals surface area contributed by atoms with Gasteiger partial charge in [-0.05, 0) is 32.6 Å². The summed E-state index contributed by atoms with van der Waals surface area (Å²) in [7, 11) is 3.75. The average molecular weight is 320 g/mol. The van der Waals surface area contributed by atoms with Crippen molar-refractivity contribution in [3.8, 4) is 0 Å². The van der Waals surface area contributed by atoms with Gasteiger partial charge in [0, 0.05) is 51.4 Å². The van der Waals surface area contributed by atoms with E-state index in [1.165, 1.54) is 5.56 Å². The largest absolute Gasteiger partial charge is 0.370 e. The number of aryl methyl sites for hydroxylation is 2. The van der Waals surface area contributed by atoms with Gasteiger partial charge in [0.05, 0.1) is 5.69 Å². The number of aromatic nitrogens is 2. The number of hydrogen-bond acceptors (Lipinski definition) is 3. The second-order valence-electron chi connectivity index (χ2n) is 6.30. The number of carbonyl (C=O) groups is 1. The maximum absolute atomic E-state index is 11.2. The number of carbonyl (C=O) groups excluding carboxylic acids is 1. The van der Waals surface area contributed by atoms with E-state index in [-0.39, 0.29) is 5.91 Å². The summed E-state index contributed by atoms with van der Waals surface area (Å²) in [4.78, 5) is 17.8. The number of nitrogens with one attached hydrogen (secondary N) is 1. The minimum Gasteiger partial charge on any atom is -0.370 e. The summed E-state index contributed by atoms with van der Waals surface area (Å²) in [5.41, 5.74) is 8.75. The van der Waals surface area contributed by atoms with Gasteiger partial charge in [0.2, 0.25) is 5.91 Å². The van der Waals surface area contributed by atoms with Crippen LogP contribution in [0.25, 0.3) is 0 Å². The van der Waals surface area contributed by atoms with Crippen LogP contribution in [0.1, 0.15) is 36.2 Å². The van der Waals surface area contributed by atoms with Crippen molar-refractivity contribution >= 4 is 11.9 Å². The molecule has 1 amide bonds. The molecule has 1 aliphatic rings. The lowest BCUT2D eigenvalue weighted by Crippen LogP contribution is -2.47. The Kier molecular flexibility index (Phi) is 5.63. The molecule has 7 nitrogen and oxygen atoms in total. The molecule has 1 aromatic rings. The van der Waals surface area contributed by atoms with E-state index in [4.69, 9.17) is 5.73 Å². The van der Waals surface area contributed by atoms with Crippen LogP contribution in [0, 0.1) is 19.8 Å². The third-order valence-corrected chi connectivity index (χ3v) is 4.60. The van der Waals surface area contributed by atoms with E-state index in [1.807, 2.05) is 18.7 Å². The normalized spacial score (nSPS) is 19.0. The molecular weight excluding hydrogens is 292 g/mol. The van der Waals surface area contributed by atoms with Crippen LogP contribution < -0.4 is 11.1 Å². The Hall–Kier alpha value is -2.05. The molecule has 0 bridgehead atoms. The summed E-state index contributed by atoms with van der Waals surface area (Å²) in [6.07, 6.45) is 2.56. The first-order valence-corrected chi connectivity index (χ1v) is 8.15. The second kappa shape index (κ2) is 7.48. The zero-order chi connectivity index (χ0) is 17.0. The molecule has 1 aliphatic heterocycles. The molecule has 0 aliphatic carbocycles. The fourth-order valence-electron chi connectivity index (χ4n) is 3.28. The van der Waals surface area contributed by atoms with Gasteiger partial charge in [-0.3, -0.25) is 14.5 Å². The van der Waals surface area contributed by atoms with Gasteiger partial charge in [-0.2, -0.15) is 5.10 Å². The second-order valence-corrected chi connectivity index (χ2v) is 6.30. The molecule has 2 heterocycles. The maximum Gasteiger partial charge on any atom is 0.217 e. The molecule has 1 saturated heterocycles. The van der Waals surface area contributed by atoms with Crippen LogP contribution in [-0.2, 0) is 18.4 Å². The van der Waals surface area contributed by atoms with E-state index >= 15 is 0 Å². The Morgan fingerprint density at radius 2 is 2.22 bits per heavy atom. The highest BCUT2D eigenvalue weighted by Gasteiger charge is 2.23. The third-order valence-electron chi connectivity index (χ3n) is 4.60. The molecule has 0 saturated carbocycles. The van der Waals surface area contributed by atoms with Crippen molar-refractivity contribution in [2.75, 3.05) is 20.1 Å². The lowest BCUT2D eigenvalue weighted by molar-refractivity contribution is -0.119. The number of nitrogens with two attached hydrogens (primary N) is 1. The summed E-state index contributed by atoms with van der Waals surface area (Å²) in [6, 6.07) is 0. The number of rotatable bonds is 4. The fourth-order valence-corrected chi connectivity index (χ4v) is 3.28. The van der Waals surface area contributed by atoms with Crippen molar-refractivity contribution in [3.05, 3.63) is 17.0 Å². The van der Waals surface area contributed by atoms with E-state index in [0.29, 0.717) is 18.9 Å². The molecule has 2 rings (SSSR count). The number of amides is 1. The molecule has 0 spiro atoms. The van der Waals surface area contributed by atoms with Gasteiger partial charge in [-0.25, -0.2) is 0 Å². The number of nitrogens with zero attached hydrogens (tertiary/aromatic N) is 4. The van der Waals surface area contributed by atoms with Crippen molar-refractivity contribution in [3.63, 3.8) is 0 Å². The Labute approximate surface area is 137 Å². The number of piperidine rings is 1. The van der Waals surface area contributed by atoms with Crippen LogP contribution >= 0.6 is 0 Å². The van der Waals surface area contributed by atoms with Gasteiger partial charge in [-0.1, -0.05) is 0 Å². The quantitative estimate of drug-likeness (QED) is 0.631. The molecule has 1 atom stereocenters. The van der Waals surface area contributed by atoms with E-state index in [2.05, 4.69) is 27.2 Å². The smallest absolute Gasteiger partial charge is 0.217 e. The van der Waals surface area contributed by atoms with Crippen molar-refractivity contribution in [1.29, 1.82) is 0 Å². The maximum atomic E-state index is 11.2. The summed E-state index contributed by atoms with van der Waals surface area (Å²) >= 11 is 0. The highest BCUT2D eigenvalue weighted by Crippen LogP contribution is 2.19. The molecule has 3 N–H and O–H groups in total. The molecule has 7 heteroatoms. The van der Waals surface area contributed by atoms with Gasteiger partial charge in [-0.15, -0.1) is 0 Å². The van der Waals surface area contributed by atoms with Crippen LogP contribution in [0.15, 0.2) is 4.99 Å². The molecule has 1 aromatic heterocycles. The SMILES string of the molecule is CN=C(NCc1c(C)nn(C)c1C)N1CCCC(CC(N)=O)C1. The number of primary amides is 1. The van der Waals surface area contributed by atoms with Crippen LogP contribution in [0.4, 0.5) is 0 Å². The first-order chi connectivity index (χ1) is 10.9. The standard InChI is InChI=1S/C16H28N6O/c1-11-14(12(2)21(4)20-11)9-19-16(18-3)22-7-5-6-13(10-22)8-15(17)23/h13H,5-10H2,1-4H3,(H2,17,23)(H,18,19). The third kappa shape index (κ3) is 4.24. The van der Waals surface area contributed by atoms with Crippen LogP contribution in [0.3, 0.4) is 0 Å². The lowest BCUT2D eigenvalue weighted by atomic mass is 9.95. The van der Waals surface area contributed by atoms with E-state index in [0.717, 1.165) is 43.3 Å². The summed E-state index contributed by atoms with van der Waals surface area (Å²) < 4.78 is 1.90. The summed E-state index contributed by atoms with van der Waals surface area (Å²) in [6.45, 7) is 6.59. The highest BCUT2D eigenvalue weighted by atomic mass is 16.1. The van der Waals surface area contributed by atoms with Gasteiger partial charge in [0.1, 0.15) is 0 Å². The predicted molar refractivity (Wildman–Crippen MR) is 91.0 cm³/mol. The zero-order valence-corrected chi connectivity index (χ0v) is 14.6. The Bertz CT molecular complexity index is 592. The zero-order valence-electron chi connectivity index (χ0n) is 14.6. The number of guanidine groups is 1. The van der Waals surface area contributed by atoms with Crippen LogP contribution in [0.5, 0.6) is 0 Å². The average Bonchev–Trinajstić information content (AvgIpc) is 2.73. The summed E-state index contributed by atoms with van der Waals surface area (Å²) in [5, 5.41) is 7.87. The van der Waals surface area contributed by atoms with Crippen molar-refractivity contribution in [2.24, 2.45) is 23.7 Å². The van der Waals surface area contributed by atoms with E-state index < -0.39 is 0 Å². The molecule has 0 aromatic carbocycles.